The molecule has 2 heterocycles. The van der Waals surface area contributed by atoms with E-state index in [4.69, 9.17) is 14.2 Å². The van der Waals surface area contributed by atoms with Crippen LogP contribution in [0, 0.1) is 0 Å². The third-order valence-corrected chi connectivity index (χ3v) is 8.36. The van der Waals surface area contributed by atoms with Crippen LogP contribution < -0.4 is 14.8 Å². The molecule has 2 aliphatic heterocycles. The summed E-state index contributed by atoms with van der Waals surface area (Å²) in [6.45, 7) is 1.96. The molecule has 2 aliphatic rings. The summed E-state index contributed by atoms with van der Waals surface area (Å²) in [6, 6.07) is 10.8. The average molecular weight is 646 g/mol. The Morgan fingerprint density at radius 1 is 0.936 bits per heavy atom. The molecule has 0 bridgehead atoms. The minimum atomic E-state index is -0.916. The van der Waals surface area contributed by atoms with E-state index in [0.717, 1.165) is 0 Å². The van der Waals surface area contributed by atoms with Gasteiger partial charge in [0.2, 0.25) is 12.7 Å². The maximum absolute atomic E-state index is 13.6. The molecule has 0 spiro atoms. The molecular formula is C36H39NO10. The van der Waals surface area contributed by atoms with E-state index in [-0.39, 0.29) is 59.5 Å². The zero-order valence-electron chi connectivity index (χ0n) is 26.2. The van der Waals surface area contributed by atoms with Crippen LogP contribution in [0.2, 0.25) is 0 Å². The number of amides is 1. The molecule has 0 saturated heterocycles. The number of Topliss-reactive ketones (excluding diaryl/α,β-unsaturated/α-hetero) is 1. The molecule has 3 aromatic rings. The minimum Gasteiger partial charge on any atom is -0.507 e. The van der Waals surface area contributed by atoms with Gasteiger partial charge in [0.05, 0.1) is 6.10 Å². The lowest BCUT2D eigenvalue weighted by atomic mass is 9.84. The van der Waals surface area contributed by atoms with E-state index in [1.54, 1.807) is 43.3 Å². The highest BCUT2D eigenvalue weighted by molar-refractivity contribution is 5.98. The topological polar surface area (TPSA) is 172 Å². The molecule has 47 heavy (non-hydrogen) atoms. The SMILES string of the molecule is C[C@H]1CCCC(=O)CCC/C=C/c2cc(O)c(C(CC(=O)NCCc3ccc(O)c(O)c3)c3ccc4c(c3)OCO4)c(O)c2C(=O)O1. The summed E-state index contributed by atoms with van der Waals surface area (Å²) < 4.78 is 16.7. The quantitative estimate of drug-likeness (QED) is 0.161. The fourth-order valence-electron chi connectivity index (χ4n) is 5.86. The maximum Gasteiger partial charge on any atom is 0.342 e. The molecule has 11 nitrogen and oxygen atoms in total. The fourth-order valence-corrected chi connectivity index (χ4v) is 5.86. The van der Waals surface area contributed by atoms with E-state index in [1.807, 2.05) is 0 Å². The second-order valence-electron chi connectivity index (χ2n) is 11.9. The third kappa shape index (κ3) is 8.16. The van der Waals surface area contributed by atoms with Crippen molar-refractivity contribution in [3.8, 4) is 34.5 Å². The Bertz CT molecular complexity index is 1680. The first-order chi connectivity index (χ1) is 22.6. The standard InChI is InChI=1S/C36H39NO10/c1-21-6-5-9-25(38)8-4-2-3-7-24-17-29(41)34(35(43)33(24)36(44)47-21)26(23-11-13-30-31(18-23)46-20-45-30)19-32(42)37-15-14-22-10-12-27(39)28(40)16-22/h3,7,10-13,16-18,21,26,39-41,43H,2,4-6,8-9,14-15,19-20H2,1H3,(H,37,42)/b7-3+/t21-,26?/m0/s1. The first-order valence-electron chi connectivity index (χ1n) is 15.8. The highest BCUT2D eigenvalue weighted by Gasteiger charge is 2.32. The molecule has 0 aliphatic carbocycles. The molecular weight excluding hydrogens is 606 g/mol. The number of rotatable bonds is 7. The summed E-state index contributed by atoms with van der Waals surface area (Å²) in [5, 5.41) is 45.3. The molecule has 3 aromatic carbocycles. The first kappa shape index (κ1) is 33.2. The summed E-state index contributed by atoms with van der Waals surface area (Å²) in [5.41, 5.74) is 1.32. The van der Waals surface area contributed by atoms with Crippen molar-refractivity contribution >= 4 is 23.7 Å². The lowest BCUT2D eigenvalue weighted by Crippen LogP contribution is -2.27. The molecule has 2 atom stereocenters. The lowest BCUT2D eigenvalue weighted by Gasteiger charge is -2.23. The molecule has 11 heteroatoms. The van der Waals surface area contributed by atoms with Gasteiger partial charge in [-0.1, -0.05) is 24.3 Å². The van der Waals surface area contributed by atoms with Gasteiger partial charge in [0.1, 0.15) is 22.8 Å². The van der Waals surface area contributed by atoms with Gasteiger partial charge in [-0.3, -0.25) is 9.59 Å². The zero-order chi connectivity index (χ0) is 33.5. The molecule has 5 N–H and O–H groups in total. The number of aromatic hydroxyl groups is 4. The molecule has 0 fully saturated rings. The number of nitrogens with one attached hydrogen (secondary N) is 1. The van der Waals surface area contributed by atoms with Gasteiger partial charge in [-0.15, -0.1) is 0 Å². The number of carbonyl (C=O) groups excluding carboxylic acids is 3. The monoisotopic (exact) mass is 645 g/mol. The number of carbonyl (C=O) groups is 3. The summed E-state index contributed by atoms with van der Waals surface area (Å²) in [4.78, 5) is 39.1. The van der Waals surface area contributed by atoms with Crippen LogP contribution in [0.25, 0.3) is 6.08 Å². The zero-order valence-corrected chi connectivity index (χ0v) is 26.2. The maximum atomic E-state index is 13.6. The van der Waals surface area contributed by atoms with Gasteiger partial charge >= 0.3 is 5.97 Å². The van der Waals surface area contributed by atoms with Crippen molar-refractivity contribution in [2.75, 3.05) is 13.3 Å². The van der Waals surface area contributed by atoms with Gasteiger partial charge in [-0.2, -0.15) is 0 Å². The number of benzene rings is 3. The van der Waals surface area contributed by atoms with Crippen molar-refractivity contribution in [3.05, 3.63) is 76.4 Å². The Morgan fingerprint density at radius 3 is 2.53 bits per heavy atom. The number of fused-ring (bicyclic) bond motifs is 2. The van der Waals surface area contributed by atoms with Gasteiger partial charge in [0.15, 0.2) is 23.0 Å². The van der Waals surface area contributed by atoms with E-state index in [0.29, 0.717) is 67.6 Å². The van der Waals surface area contributed by atoms with Crippen LogP contribution >= 0.6 is 0 Å². The average Bonchev–Trinajstić information content (AvgIpc) is 3.49. The van der Waals surface area contributed by atoms with E-state index in [2.05, 4.69) is 5.32 Å². The molecule has 248 valence electrons. The van der Waals surface area contributed by atoms with Crippen molar-refractivity contribution < 1.29 is 49.0 Å². The predicted octanol–water partition coefficient (Wildman–Crippen LogP) is 5.60. The van der Waals surface area contributed by atoms with Crippen LogP contribution in [-0.4, -0.2) is 57.5 Å². The predicted molar refractivity (Wildman–Crippen MR) is 172 cm³/mol. The second kappa shape index (κ2) is 14.9. The van der Waals surface area contributed by atoms with Crippen LogP contribution in [0.5, 0.6) is 34.5 Å². The van der Waals surface area contributed by atoms with Crippen molar-refractivity contribution in [1.82, 2.24) is 5.32 Å². The Kier molecular flexibility index (Phi) is 10.5. The number of ketones is 1. The second-order valence-corrected chi connectivity index (χ2v) is 11.9. The Morgan fingerprint density at radius 2 is 1.72 bits per heavy atom. The van der Waals surface area contributed by atoms with Gasteiger partial charge in [0, 0.05) is 37.3 Å². The van der Waals surface area contributed by atoms with Gasteiger partial charge < -0.3 is 40.0 Å². The summed E-state index contributed by atoms with van der Waals surface area (Å²) in [7, 11) is 0. The Labute approximate surface area is 272 Å². The molecule has 0 radical (unpaired) electrons. The van der Waals surface area contributed by atoms with Crippen LogP contribution in [0.1, 0.15) is 90.4 Å². The number of cyclic esters (lactones) is 1. The minimum absolute atomic E-state index is 0.0223. The van der Waals surface area contributed by atoms with E-state index in [9.17, 15) is 34.8 Å². The van der Waals surface area contributed by atoms with Crippen LogP contribution in [0.15, 0.2) is 48.5 Å². The first-order valence-corrected chi connectivity index (χ1v) is 15.8. The molecule has 5 rings (SSSR count). The van der Waals surface area contributed by atoms with E-state index in [1.165, 1.54) is 18.2 Å². The van der Waals surface area contributed by atoms with Crippen molar-refractivity contribution in [1.29, 1.82) is 0 Å². The summed E-state index contributed by atoms with van der Waals surface area (Å²) in [6.07, 6.45) is 6.10. The number of allylic oxidation sites excluding steroid dienone is 1. The highest BCUT2D eigenvalue weighted by atomic mass is 16.7. The summed E-state index contributed by atoms with van der Waals surface area (Å²) >= 11 is 0. The van der Waals surface area contributed by atoms with Gasteiger partial charge in [-0.05, 0) is 86.1 Å². The van der Waals surface area contributed by atoms with Crippen LogP contribution in [0.4, 0.5) is 0 Å². The highest BCUT2D eigenvalue weighted by Crippen LogP contribution is 2.46. The van der Waals surface area contributed by atoms with Crippen LogP contribution in [-0.2, 0) is 20.7 Å². The smallest absolute Gasteiger partial charge is 0.342 e. The number of esters is 1. The molecule has 0 aromatic heterocycles. The lowest BCUT2D eigenvalue weighted by molar-refractivity contribution is -0.121. The number of hydrogen-bond donors (Lipinski definition) is 5. The van der Waals surface area contributed by atoms with Gasteiger partial charge in [-0.25, -0.2) is 4.79 Å². The van der Waals surface area contributed by atoms with E-state index >= 15 is 0 Å². The Balaban J connectivity index is 1.48. The third-order valence-electron chi connectivity index (χ3n) is 8.36. The fraction of sp³-hybridized carbons (Fsp3) is 0.361. The number of phenols is 4. The largest absolute Gasteiger partial charge is 0.507 e. The summed E-state index contributed by atoms with van der Waals surface area (Å²) in [5.74, 6) is -2.32. The van der Waals surface area contributed by atoms with E-state index < -0.39 is 29.6 Å². The van der Waals surface area contributed by atoms with Crippen molar-refractivity contribution in [2.45, 2.75) is 70.3 Å². The normalized spacial score (nSPS) is 18.0. The van der Waals surface area contributed by atoms with Crippen molar-refractivity contribution in [2.24, 2.45) is 0 Å². The van der Waals surface area contributed by atoms with Crippen LogP contribution in [0.3, 0.4) is 0 Å². The Hall–Kier alpha value is -5.19. The number of hydrogen-bond acceptors (Lipinski definition) is 10. The van der Waals surface area contributed by atoms with Gasteiger partial charge in [0.25, 0.3) is 0 Å². The number of phenolic OH excluding ortho intramolecular Hbond substituents is 4. The molecule has 1 unspecified atom stereocenters. The number of ether oxygens (including phenoxy) is 3. The van der Waals surface area contributed by atoms with Crippen molar-refractivity contribution in [3.63, 3.8) is 0 Å². The molecule has 1 amide bonds. The molecule has 0 saturated carbocycles.